The SMILES string of the molecule is CCN1CCN(C(=O)CN2CCn3cccc3C2c2ccc(F)cc2F)CC1. The lowest BCUT2D eigenvalue weighted by Crippen LogP contribution is -2.52. The van der Waals surface area contributed by atoms with Crippen LogP contribution in [-0.2, 0) is 11.3 Å². The normalized spacial score (nSPS) is 21.0. The molecule has 3 heterocycles. The van der Waals surface area contributed by atoms with E-state index in [1.54, 1.807) is 0 Å². The molecule has 7 heteroatoms. The second kappa shape index (κ2) is 8.01. The first-order chi connectivity index (χ1) is 13.6. The topological polar surface area (TPSA) is 31.7 Å². The molecule has 1 saturated heterocycles. The van der Waals surface area contributed by atoms with E-state index in [4.69, 9.17) is 0 Å². The van der Waals surface area contributed by atoms with Crippen LogP contribution in [0.3, 0.4) is 0 Å². The number of rotatable bonds is 4. The zero-order valence-electron chi connectivity index (χ0n) is 16.2. The molecule has 4 rings (SSSR count). The lowest BCUT2D eigenvalue weighted by Gasteiger charge is -2.39. The Morgan fingerprint density at radius 2 is 1.86 bits per heavy atom. The first-order valence-corrected chi connectivity index (χ1v) is 9.91. The van der Waals surface area contributed by atoms with Crippen molar-refractivity contribution in [2.75, 3.05) is 45.8 Å². The van der Waals surface area contributed by atoms with E-state index in [9.17, 15) is 13.6 Å². The van der Waals surface area contributed by atoms with Gasteiger partial charge in [0.25, 0.3) is 0 Å². The fourth-order valence-electron chi connectivity index (χ4n) is 4.27. The molecule has 1 aromatic heterocycles. The Bertz CT molecular complexity index is 845. The van der Waals surface area contributed by atoms with Gasteiger partial charge in [-0.1, -0.05) is 13.0 Å². The second-order valence-corrected chi connectivity index (χ2v) is 7.48. The summed E-state index contributed by atoms with van der Waals surface area (Å²) in [5.41, 5.74) is 1.34. The van der Waals surface area contributed by atoms with E-state index < -0.39 is 17.7 Å². The van der Waals surface area contributed by atoms with E-state index >= 15 is 0 Å². The summed E-state index contributed by atoms with van der Waals surface area (Å²) in [6, 6.07) is 7.18. The number of hydrogen-bond donors (Lipinski definition) is 0. The number of carbonyl (C=O) groups excluding carboxylic acids is 1. The van der Waals surface area contributed by atoms with E-state index in [1.807, 2.05) is 28.1 Å². The molecule has 150 valence electrons. The fourth-order valence-corrected chi connectivity index (χ4v) is 4.27. The number of fused-ring (bicyclic) bond motifs is 1. The standard InChI is InChI=1S/C21H26F2N4O/c1-2-24-8-10-26(11-9-24)20(28)15-27-13-12-25-7-3-4-19(25)21(27)17-6-5-16(22)14-18(17)23/h3-7,14,21H,2,8-13,15H2,1H3. The average molecular weight is 388 g/mol. The molecule has 1 unspecified atom stereocenters. The Kier molecular flexibility index (Phi) is 5.46. The molecule has 0 radical (unpaired) electrons. The maximum Gasteiger partial charge on any atom is 0.236 e. The monoisotopic (exact) mass is 388 g/mol. The Hall–Kier alpha value is -2.25. The molecule has 1 fully saturated rings. The molecule has 2 aliphatic heterocycles. The first-order valence-electron chi connectivity index (χ1n) is 9.91. The second-order valence-electron chi connectivity index (χ2n) is 7.48. The Labute approximate surface area is 164 Å². The van der Waals surface area contributed by atoms with Crippen LogP contribution in [0.25, 0.3) is 0 Å². The van der Waals surface area contributed by atoms with Gasteiger partial charge in [0.1, 0.15) is 11.6 Å². The smallest absolute Gasteiger partial charge is 0.236 e. The number of nitrogens with zero attached hydrogens (tertiary/aromatic N) is 4. The highest BCUT2D eigenvalue weighted by molar-refractivity contribution is 5.78. The molecule has 2 aliphatic rings. The van der Waals surface area contributed by atoms with Crippen molar-refractivity contribution >= 4 is 5.91 Å². The molecular formula is C21H26F2N4O. The van der Waals surface area contributed by atoms with Gasteiger partial charge >= 0.3 is 0 Å². The zero-order valence-corrected chi connectivity index (χ0v) is 16.2. The molecule has 1 atom stereocenters. The van der Waals surface area contributed by atoms with Gasteiger partial charge < -0.3 is 14.4 Å². The highest BCUT2D eigenvalue weighted by Gasteiger charge is 2.33. The van der Waals surface area contributed by atoms with E-state index in [0.29, 0.717) is 12.1 Å². The van der Waals surface area contributed by atoms with E-state index in [1.165, 1.54) is 12.1 Å². The molecule has 28 heavy (non-hydrogen) atoms. The molecule has 0 saturated carbocycles. The van der Waals surface area contributed by atoms with Crippen LogP contribution >= 0.6 is 0 Å². The van der Waals surface area contributed by atoms with E-state index in [2.05, 4.69) is 16.4 Å². The van der Waals surface area contributed by atoms with Crippen molar-refractivity contribution in [3.8, 4) is 0 Å². The third-order valence-corrected chi connectivity index (χ3v) is 5.91. The highest BCUT2D eigenvalue weighted by Crippen LogP contribution is 2.34. The average Bonchev–Trinajstić information content (AvgIpc) is 3.17. The zero-order chi connectivity index (χ0) is 19.7. The quantitative estimate of drug-likeness (QED) is 0.806. The summed E-state index contributed by atoms with van der Waals surface area (Å²) in [7, 11) is 0. The molecular weight excluding hydrogens is 362 g/mol. The minimum absolute atomic E-state index is 0.0725. The van der Waals surface area contributed by atoms with Crippen LogP contribution in [0.4, 0.5) is 8.78 Å². The summed E-state index contributed by atoms with van der Waals surface area (Å²) in [4.78, 5) is 19.2. The van der Waals surface area contributed by atoms with Gasteiger partial charge in [-0.2, -0.15) is 0 Å². The van der Waals surface area contributed by atoms with Crippen LogP contribution in [0.15, 0.2) is 36.5 Å². The molecule has 5 nitrogen and oxygen atoms in total. The van der Waals surface area contributed by atoms with Gasteiger partial charge in [-0.05, 0) is 24.7 Å². The van der Waals surface area contributed by atoms with Crippen molar-refractivity contribution in [3.05, 3.63) is 59.4 Å². The van der Waals surface area contributed by atoms with Crippen LogP contribution in [0.2, 0.25) is 0 Å². The van der Waals surface area contributed by atoms with Crippen molar-refractivity contribution < 1.29 is 13.6 Å². The Balaban J connectivity index is 1.56. The minimum atomic E-state index is -0.594. The summed E-state index contributed by atoms with van der Waals surface area (Å²) >= 11 is 0. The van der Waals surface area contributed by atoms with Gasteiger partial charge in [-0.25, -0.2) is 8.78 Å². The highest BCUT2D eigenvalue weighted by atomic mass is 19.1. The fraction of sp³-hybridized carbons (Fsp3) is 0.476. The molecule has 0 spiro atoms. The molecule has 0 bridgehead atoms. The number of piperazine rings is 1. The maximum atomic E-state index is 14.6. The van der Waals surface area contributed by atoms with Crippen LogP contribution in [-0.4, -0.2) is 71.0 Å². The van der Waals surface area contributed by atoms with Crippen LogP contribution in [0, 0.1) is 11.6 Å². The van der Waals surface area contributed by atoms with E-state index in [-0.39, 0.29) is 12.5 Å². The van der Waals surface area contributed by atoms with Gasteiger partial charge in [0.2, 0.25) is 5.91 Å². The first kappa shape index (κ1) is 19.1. The lowest BCUT2D eigenvalue weighted by molar-refractivity contribution is -0.134. The van der Waals surface area contributed by atoms with Crippen molar-refractivity contribution in [1.29, 1.82) is 0 Å². The Morgan fingerprint density at radius 3 is 2.57 bits per heavy atom. The van der Waals surface area contributed by atoms with Gasteiger partial charge in [0.15, 0.2) is 0 Å². The minimum Gasteiger partial charge on any atom is -0.348 e. The van der Waals surface area contributed by atoms with Crippen LogP contribution in [0.1, 0.15) is 24.2 Å². The molecule has 0 aliphatic carbocycles. The lowest BCUT2D eigenvalue weighted by atomic mass is 9.99. The van der Waals surface area contributed by atoms with Crippen molar-refractivity contribution in [2.45, 2.75) is 19.5 Å². The summed E-state index contributed by atoms with van der Waals surface area (Å²) < 4.78 is 30.1. The number of amides is 1. The predicted molar refractivity (Wildman–Crippen MR) is 103 cm³/mol. The summed E-state index contributed by atoms with van der Waals surface area (Å²) in [5.74, 6) is -1.10. The molecule has 0 N–H and O–H groups in total. The maximum absolute atomic E-state index is 14.6. The predicted octanol–water partition coefficient (Wildman–Crippen LogP) is 2.34. The van der Waals surface area contributed by atoms with Crippen molar-refractivity contribution in [3.63, 3.8) is 0 Å². The Morgan fingerprint density at radius 1 is 1.07 bits per heavy atom. The van der Waals surface area contributed by atoms with Crippen LogP contribution < -0.4 is 0 Å². The van der Waals surface area contributed by atoms with Gasteiger partial charge in [-0.15, -0.1) is 0 Å². The summed E-state index contributed by atoms with van der Waals surface area (Å²) in [6.45, 7) is 7.99. The molecule has 2 aromatic rings. The summed E-state index contributed by atoms with van der Waals surface area (Å²) in [5, 5.41) is 0. The largest absolute Gasteiger partial charge is 0.348 e. The number of halogens is 2. The molecule has 1 amide bonds. The van der Waals surface area contributed by atoms with Crippen molar-refractivity contribution in [1.82, 2.24) is 19.3 Å². The third kappa shape index (κ3) is 3.69. The number of carbonyl (C=O) groups is 1. The van der Waals surface area contributed by atoms with Crippen molar-refractivity contribution in [2.24, 2.45) is 0 Å². The third-order valence-electron chi connectivity index (χ3n) is 5.91. The summed E-state index contributed by atoms with van der Waals surface area (Å²) in [6.07, 6.45) is 1.97. The number of benzene rings is 1. The number of aromatic nitrogens is 1. The molecule has 1 aromatic carbocycles. The van der Waals surface area contributed by atoms with Gasteiger partial charge in [0, 0.05) is 62.8 Å². The van der Waals surface area contributed by atoms with Gasteiger partial charge in [0.05, 0.1) is 12.6 Å². The van der Waals surface area contributed by atoms with E-state index in [0.717, 1.165) is 51.0 Å². The number of likely N-dealkylation sites (N-methyl/N-ethyl adjacent to an activating group) is 1. The van der Waals surface area contributed by atoms with Crippen LogP contribution in [0.5, 0.6) is 0 Å². The van der Waals surface area contributed by atoms with Gasteiger partial charge in [-0.3, -0.25) is 9.69 Å². The number of hydrogen-bond acceptors (Lipinski definition) is 3.